The van der Waals surface area contributed by atoms with Crippen LogP contribution in [0.3, 0.4) is 0 Å². The zero-order valence-electron chi connectivity index (χ0n) is 11.8. The van der Waals surface area contributed by atoms with E-state index in [1.807, 2.05) is 45.0 Å². The van der Waals surface area contributed by atoms with Crippen LogP contribution in [0.4, 0.5) is 8.28 Å². The van der Waals surface area contributed by atoms with E-state index in [4.69, 9.17) is 0 Å². The van der Waals surface area contributed by atoms with Crippen LogP contribution in [0.5, 0.6) is 0 Å². The van der Waals surface area contributed by atoms with Crippen molar-refractivity contribution >= 4 is 12.1 Å². The smallest absolute Gasteiger partial charge is 0.126 e. The van der Waals surface area contributed by atoms with Crippen molar-refractivity contribution in [2.24, 2.45) is 0 Å². The van der Waals surface area contributed by atoms with Crippen LogP contribution in [0.25, 0.3) is 0 Å². The number of halogens is 2. The highest BCUT2D eigenvalue weighted by molar-refractivity contribution is 7.94. The zero-order valence-corrected chi connectivity index (χ0v) is 12.6. The molecule has 0 aliphatic carbocycles. The first-order chi connectivity index (χ1) is 9.15. The van der Waals surface area contributed by atoms with Crippen LogP contribution in [0, 0.1) is 19.7 Å². The number of rotatable bonds is 1. The maximum absolute atomic E-state index is 12.3. The third kappa shape index (κ3) is 6.97. The number of hydrogen-bond acceptors (Lipinski definition) is 1. The van der Waals surface area contributed by atoms with Gasteiger partial charge in [0.05, 0.1) is 12.1 Å². The highest BCUT2D eigenvalue weighted by atomic mass is 32.2. The Bertz CT molecular complexity index is 449. The fourth-order valence-corrected chi connectivity index (χ4v) is 1.51. The van der Waals surface area contributed by atoms with Gasteiger partial charge in [0.25, 0.3) is 0 Å². The summed E-state index contributed by atoms with van der Waals surface area (Å²) in [7, 11) is 0. The average molecular weight is 282 g/mol. The van der Waals surface area contributed by atoms with Crippen LogP contribution < -0.4 is 0 Å². The quantitative estimate of drug-likeness (QED) is 0.606. The van der Waals surface area contributed by atoms with Crippen LogP contribution >= 0.6 is 12.1 Å². The van der Waals surface area contributed by atoms with Gasteiger partial charge in [0, 0.05) is 4.90 Å². The first kappa shape index (κ1) is 17.6. The Morgan fingerprint density at radius 3 is 1.58 bits per heavy atom. The van der Waals surface area contributed by atoms with Gasteiger partial charge < -0.3 is 0 Å². The summed E-state index contributed by atoms with van der Waals surface area (Å²) in [5.74, 6) is -0.132. The lowest BCUT2D eigenvalue weighted by atomic mass is 10.2. The average Bonchev–Trinajstić information content (AvgIpc) is 2.46. The van der Waals surface area contributed by atoms with Gasteiger partial charge in [-0.15, -0.1) is 0 Å². The van der Waals surface area contributed by atoms with Crippen LogP contribution in [0.15, 0.2) is 53.4 Å². The monoisotopic (exact) mass is 282 g/mol. The second-order valence-electron chi connectivity index (χ2n) is 3.59. The summed E-state index contributed by atoms with van der Waals surface area (Å²) in [5.41, 5.74) is 1.69. The topological polar surface area (TPSA) is 0 Å². The Kier molecular flexibility index (Phi) is 9.81. The van der Waals surface area contributed by atoms with E-state index in [1.54, 1.807) is 25.1 Å². The molecule has 3 heteroatoms. The minimum atomic E-state index is -0.132. The molecule has 0 aromatic heterocycles. The van der Waals surface area contributed by atoms with Gasteiger partial charge in [-0.1, -0.05) is 50.2 Å². The summed E-state index contributed by atoms with van der Waals surface area (Å²) in [4.78, 5) is 0.706. The molecule has 0 saturated carbocycles. The van der Waals surface area contributed by atoms with Gasteiger partial charge in [0.1, 0.15) is 5.82 Å². The first-order valence-electron chi connectivity index (χ1n) is 6.20. The Morgan fingerprint density at radius 1 is 0.789 bits per heavy atom. The summed E-state index contributed by atoms with van der Waals surface area (Å²) in [6, 6.07) is 14.1. The molecule has 0 radical (unpaired) electrons. The van der Waals surface area contributed by atoms with Crippen molar-refractivity contribution < 1.29 is 8.28 Å². The van der Waals surface area contributed by atoms with Gasteiger partial charge >= 0.3 is 0 Å². The predicted octanol–water partition coefficient (Wildman–Crippen LogP) is 6.13. The largest absolute Gasteiger partial charge is 0.207 e. The van der Waals surface area contributed by atoms with Crippen molar-refractivity contribution in [2.45, 2.75) is 32.6 Å². The molecule has 0 amide bonds. The molecule has 0 fully saturated rings. The molecule has 0 nitrogen and oxygen atoms in total. The van der Waals surface area contributed by atoms with Crippen molar-refractivity contribution in [1.29, 1.82) is 0 Å². The molecule has 0 saturated heterocycles. The molecule has 2 rings (SSSR count). The molecule has 0 aliphatic heterocycles. The molecule has 19 heavy (non-hydrogen) atoms. The van der Waals surface area contributed by atoms with E-state index in [2.05, 4.69) is 0 Å². The van der Waals surface area contributed by atoms with Crippen LogP contribution in [-0.4, -0.2) is 0 Å². The van der Waals surface area contributed by atoms with Gasteiger partial charge in [-0.25, -0.2) is 4.39 Å². The van der Waals surface area contributed by atoms with Crippen molar-refractivity contribution in [2.75, 3.05) is 0 Å². The maximum atomic E-state index is 12.3. The first-order valence-corrected chi connectivity index (χ1v) is 6.92. The van der Waals surface area contributed by atoms with Crippen molar-refractivity contribution in [1.82, 2.24) is 0 Å². The Hall–Kier alpha value is -1.35. The van der Waals surface area contributed by atoms with E-state index in [9.17, 15) is 8.28 Å². The Morgan fingerprint density at radius 2 is 1.26 bits per heavy atom. The molecule has 104 valence electrons. The van der Waals surface area contributed by atoms with Gasteiger partial charge in [0.2, 0.25) is 0 Å². The molecule has 0 bridgehead atoms. The van der Waals surface area contributed by atoms with Gasteiger partial charge in [0.15, 0.2) is 0 Å². The fraction of sp³-hybridized carbons (Fsp3) is 0.250. The Labute approximate surface area is 119 Å². The maximum Gasteiger partial charge on any atom is 0.126 e. The molecular formula is C16H20F2S. The number of aryl methyl sites for hydroxylation is 2. The third-order valence-electron chi connectivity index (χ3n) is 2.25. The second kappa shape index (κ2) is 10.6. The SMILES string of the molecule is CC.Cc1ccccc1F.Cc1ccccc1SF. The minimum Gasteiger partial charge on any atom is -0.207 e. The van der Waals surface area contributed by atoms with Crippen LogP contribution in [0.2, 0.25) is 0 Å². The molecule has 0 spiro atoms. The third-order valence-corrected chi connectivity index (χ3v) is 2.88. The van der Waals surface area contributed by atoms with Crippen LogP contribution in [0.1, 0.15) is 25.0 Å². The number of benzene rings is 2. The van der Waals surface area contributed by atoms with E-state index >= 15 is 0 Å². The van der Waals surface area contributed by atoms with Gasteiger partial charge in [-0.05, 0) is 37.1 Å². The van der Waals surface area contributed by atoms with Gasteiger partial charge in [-0.3, -0.25) is 0 Å². The standard InChI is InChI=1S/C7H7FS.C7H7F.C2H6/c1-6-4-2-3-5-7(6)9-8;1-6-4-2-3-5-7(6)8;1-2/h2-5H,1H3;2-5H,1H3;1-2H3. The van der Waals surface area contributed by atoms with Crippen molar-refractivity contribution in [3.8, 4) is 0 Å². The summed E-state index contributed by atoms with van der Waals surface area (Å²) >= 11 is 0.295. The summed E-state index contributed by atoms with van der Waals surface area (Å²) < 4.78 is 24.2. The molecule has 0 heterocycles. The van der Waals surface area contributed by atoms with Crippen LogP contribution in [-0.2, 0) is 0 Å². The lowest BCUT2D eigenvalue weighted by molar-refractivity contribution is 0.618. The van der Waals surface area contributed by atoms with E-state index in [0.717, 1.165) is 5.56 Å². The lowest BCUT2D eigenvalue weighted by Gasteiger charge is -1.94. The van der Waals surface area contributed by atoms with E-state index < -0.39 is 0 Å². The minimum absolute atomic E-state index is 0.132. The fourth-order valence-electron chi connectivity index (χ4n) is 1.19. The molecule has 2 aromatic rings. The summed E-state index contributed by atoms with van der Waals surface area (Å²) in [6.07, 6.45) is 0. The van der Waals surface area contributed by atoms with Crippen molar-refractivity contribution in [3.63, 3.8) is 0 Å². The molecule has 0 N–H and O–H groups in total. The van der Waals surface area contributed by atoms with E-state index in [0.29, 0.717) is 22.6 Å². The molecule has 2 aromatic carbocycles. The van der Waals surface area contributed by atoms with E-state index in [-0.39, 0.29) is 5.82 Å². The summed E-state index contributed by atoms with van der Waals surface area (Å²) in [5, 5.41) is 0. The Balaban J connectivity index is 0.000000303. The molecular weight excluding hydrogens is 262 g/mol. The highest BCUT2D eigenvalue weighted by Gasteiger charge is 1.93. The molecule has 0 atom stereocenters. The summed E-state index contributed by atoms with van der Waals surface area (Å²) in [6.45, 7) is 7.64. The van der Waals surface area contributed by atoms with E-state index in [1.165, 1.54) is 6.07 Å². The zero-order chi connectivity index (χ0) is 14.7. The number of hydrogen-bond donors (Lipinski definition) is 0. The highest BCUT2D eigenvalue weighted by Crippen LogP contribution is 2.21. The molecule has 0 aliphatic rings. The lowest BCUT2D eigenvalue weighted by Crippen LogP contribution is -1.76. The second-order valence-corrected chi connectivity index (χ2v) is 4.19. The normalized spacial score (nSPS) is 8.74. The van der Waals surface area contributed by atoms with Gasteiger partial charge in [-0.2, -0.15) is 3.89 Å². The molecule has 0 unspecified atom stereocenters. The van der Waals surface area contributed by atoms with Crippen molar-refractivity contribution in [3.05, 3.63) is 65.5 Å². The predicted molar refractivity (Wildman–Crippen MR) is 80.6 cm³/mol.